The Morgan fingerprint density at radius 2 is 1.78 bits per heavy atom. The van der Waals surface area contributed by atoms with Crippen molar-refractivity contribution in [1.29, 1.82) is 0 Å². The molecule has 0 aliphatic heterocycles. The van der Waals surface area contributed by atoms with Crippen molar-refractivity contribution in [2.24, 2.45) is 11.0 Å². The topological polar surface area (TPSA) is 83.7 Å². The first-order chi connectivity index (χ1) is 13.0. The highest BCUT2D eigenvalue weighted by Crippen LogP contribution is 2.25. The maximum absolute atomic E-state index is 12.3. The van der Waals surface area contributed by atoms with Gasteiger partial charge in [-0.05, 0) is 50.5 Å². The summed E-state index contributed by atoms with van der Waals surface area (Å²) in [5.41, 5.74) is 5.32. The smallest absolute Gasteiger partial charge is 0.274 e. The lowest BCUT2D eigenvalue weighted by Crippen LogP contribution is -2.24. The third kappa shape index (κ3) is 4.84. The fourth-order valence-electron chi connectivity index (χ4n) is 3.28. The van der Waals surface area contributed by atoms with Gasteiger partial charge in [-0.15, -0.1) is 0 Å². The first kappa shape index (κ1) is 18.9. The second kappa shape index (κ2) is 8.66. The van der Waals surface area contributed by atoms with E-state index < -0.39 is 0 Å². The van der Waals surface area contributed by atoms with E-state index in [0.717, 1.165) is 36.9 Å². The Morgan fingerprint density at radius 3 is 2.41 bits per heavy atom. The monoisotopic (exact) mass is 367 g/mol. The molecule has 0 spiro atoms. The number of furan rings is 1. The van der Waals surface area contributed by atoms with Crippen LogP contribution in [-0.2, 0) is 4.79 Å². The van der Waals surface area contributed by atoms with Crippen LogP contribution in [0.1, 0.15) is 60.7 Å². The molecule has 1 aliphatic carbocycles. The van der Waals surface area contributed by atoms with Gasteiger partial charge in [-0.3, -0.25) is 9.59 Å². The van der Waals surface area contributed by atoms with E-state index in [4.69, 9.17) is 4.42 Å². The van der Waals surface area contributed by atoms with Crippen molar-refractivity contribution < 1.29 is 14.0 Å². The van der Waals surface area contributed by atoms with Crippen LogP contribution in [-0.4, -0.2) is 17.5 Å². The molecule has 6 heteroatoms. The molecular formula is C21H25N3O3. The second-order valence-electron chi connectivity index (χ2n) is 6.93. The molecule has 1 heterocycles. The summed E-state index contributed by atoms with van der Waals surface area (Å²) in [5, 5.41) is 7.14. The van der Waals surface area contributed by atoms with E-state index >= 15 is 0 Å². The van der Waals surface area contributed by atoms with Gasteiger partial charge >= 0.3 is 0 Å². The Labute approximate surface area is 159 Å². The van der Waals surface area contributed by atoms with Crippen LogP contribution in [0.25, 0.3) is 0 Å². The van der Waals surface area contributed by atoms with Gasteiger partial charge in [-0.2, -0.15) is 5.10 Å². The average molecular weight is 367 g/mol. The fraction of sp³-hybridized carbons (Fsp3) is 0.381. The lowest BCUT2D eigenvalue weighted by molar-refractivity contribution is -0.120. The Hall–Kier alpha value is -2.89. The van der Waals surface area contributed by atoms with Crippen LogP contribution < -0.4 is 10.7 Å². The Kier molecular flexibility index (Phi) is 6.06. The van der Waals surface area contributed by atoms with Crippen LogP contribution in [0, 0.1) is 12.8 Å². The highest BCUT2D eigenvalue weighted by molar-refractivity contribution is 6.01. The zero-order valence-electron chi connectivity index (χ0n) is 15.7. The van der Waals surface area contributed by atoms with Gasteiger partial charge in [0.05, 0.1) is 17.5 Å². The van der Waals surface area contributed by atoms with Crippen molar-refractivity contribution in [3.63, 3.8) is 0 Å². The first-order valence-electron chi connectivity index (χ1n) is 9.34. The summed E-state index contributed by atoms with van der Waals surface area (Å²) in [6.07, 6.45) is 6.93. The van der Waals surface area contributed by atoms with E-state index in [-0.39, 0.29) is 17.7 Å². The van der Waals surface area contributed by atoms with E-state index in [2.05, 4.69) is 15.8 Å². The normalized spacial score (nSPS) is 15.4. The lowest BCUT2D eigenvalue weighted by atomic mass is 9.88. The fourth-order valence-corrected chi connectivity index (χ4v) is 3.28. The summed E-state index contributed by atoms with van der Waals surface area (Å²) >= 11 is 0. The van der Waals surface area contributed by atoms with Gasteiger partial charge in [0.1, 0.15) is 5.76 Å². The molecule has 1 fully saturated rings. The summed E-state index contributed by atoms with van der Waals surface area (Å²) < 4.78 is 5.12. The molecule has 0 bridgehead atoms. The molecule has 0 unspecified atom stereocenters. The minimum atomic E-state index is -0.308. The van der Waals surface area contributed by atoms with E-state index in [9.17, 15) is 9.59 Å². The molecule has 2 N–H and O–H groups in total. The highest BCUT2D eigenvalue weighted by Gasteiger charge is 2.21. The third-order valence-corrected chi connectivity index (χ3v) is 4.97. The van der Waals surface area contributed by atoms with E-state index in [1.807, 2.05) is 31.2 Å². The maximum Gasteiger partial charge on any atom is 0.274 e. The number of benzene rings is 1. The third-order valence-electron chi connectivity index (χ3n) is 4.97. The SMILES string of the molecule is C/C(=N/NC(=O)c1ccoc1C)c1ccc(NC(=O)C2CCCCC2)cc1. The minimum absolute atomic E-state index is 0.107. The number of hydrazone groups is 1. The number of anilines is 1. The van der Waals surface area contributed by atoms with Crippen molar-refractivity contribution in [2.45, 2.75) is 46.0 Å². The molecule has 1 saturated carbocycles. The summed E-state index contributed by atoms with van der Waals surface area (Å²) in [6.45, 7) is 3.55. The number of nitrogens with zero attached hydrogens (tertiary/aromatic N) is 1. The molecule has 0 radical (unpaired) electrons. The Bertz CT molecular complexity index is 831. The van der Waals surface area contributed by atoms with Crippen molar-refractivity contribution in [3.05, 3.63) is 53.5 Å². The quantitative estimate of drug-likeness (QED) is 0.612. The van der Waals surface area contributed by atoms with Crippen LogP contribution in [0.5, 0.6) is 0 Å². The van der Waals surface area contributed by atoms with E-state index in [1.54, 1.807) is 13.0 Å². The predicted octanol–water partition coefficient (Wildman–Crippen LogP) is 4.26. The number of nitrogens with one attached hydrogen (secondary N) is 2. The molecule has 1 aromatic carbocycles. The molecule has 0 atom stereocenters. The number of hydrogen-bond donors (Lipinski definition) is 2. The number of hydrogen-bond acceptors (Lipinski definition) is 4. The maximum atomic E-state index is 12.3. The molecule has 6 nitrogen and oxygen atoms in total. The van der Waals surface area contributed by atoms with Gasteiger partial charge in [0.15, 0.2) is 0 Å². The van der Waals surface area contributed by atoms with Crippen LogP contribution in [0.3, 0.4) is 0 Å². The lowest BCUT2D eigenvalue weighted by Gasteiger charge is -2.20. The van der Waals surface area contributed by atoms with Crippen LogP contribution in [0.15, 0.2) is 46.1 Å². The molecule has 3 rings (SSSR count). The number of rotatable bonds is 5. The van der Waals surface area contributed by atoms with Gasteiger partial charge in [-0.25, -0.2) is 5.43 Å². The minimum Gasteiger partial charge on any atom is -0.469 e. The van der Waals surface area contributed by atoms with E-state index in [0.29, 0.717) is 17.0 Å². The largest absolute Gasteiger partial charge is 0.469 e. The predicted molar refractivity (Wildman–Crippen MR) is 105 cm³/mol. The number of carbonyl (C=O) groups excluding carboxylic acids is 2. The second-order valence-corrected chi connectivity index (χ2v) is 6.93. The zero-order valence-corrected chi connectivity index (χ0v) is 15.7. The van der Waals surface area contributed by atoms with Gasteiger partial charge in [-0.1, -0.05) is 31.4 Å². The highest BCUT2D eigenvalue weighted by atomic mass is 16.3. The zero-order chi connectivity index (χ0) is 19.2. The van der Waals surface area contributed by atoms with Gasteiger partial charge in [0.2, 0.25) is 5.91 Å². The van der Waals surface area contributed by atoms with Crippen LogP contribution in [0.2, 0.25) is 0 Å². The molecule has 1 aromatic heterocycles. The van der Waals surface area contributed by atoms with Crippen molar-refractivity contribution in [3.8, 4) is 0 Å². The van der Waals surface area contributed by atoms with Crippen molar-refractivity contribution in [1.82, 2.24) is 5.43 Å². The van der Waals surface area contributed by atoms with Crippen LogP contribution >= 0.6 is 0 Å². The molecule has 142 valence electrons. The molecule has 0 saturated heterocycles. The Morgan fingerprint density at radius 1 is 1.07 bits per heavy atom. The van der Waals surface area contributed by atoms with E-state index in [1.165, 1.54) is 12.7 Å². The first-order valence-corrected chi connectivity index (χ1v) is 9.34. The van der Waals surface area contributed by atoms with Gasteiger partial charge in [0.25, 0.3) is 5.91 Å². The summed E-state index contributed by atoms with van der Waals surface area (Å²) in [7, 11) is 0. The molecule has 1 aliphatic rings. The van der Waals surface area contributed by atoms with Crippen molar-refractivity contribution >= 4 is 23.2 Å². The van der Waals surface area contributed by atoms with Crippen LogP contribution in [0.4, 0.5) is 5.69 Å². The standard InChI is InChI=1S/C21H25N3O3/c1-14(23-24-21(26)19-12-13-27-15(19)2)16-8-10-18(11-9-16)22-20(25)17-6-4-3-5-7-17/h8-13,17H,3-7H2,1-2H3,(H,22,25)(H,24,26)/b23-14-. The molecule has 2 amide bonds. The molecule has 27 heavy (non-hydrogen) atoms. The summed E-state index contributed by atoms with van der Waals surface area (Å²) in [5.74, 6) is 0.481. The van der Waals surface area contributed by atoms with Gasteiger partial charge in [0, 0.05) is 11.6 Å². The summed E-state index contributed by atoms with van der Waals surface area (Å²) in [6, 6.07) is 9.09. The number of aryl methyl sites for hydroxylation is 1. The Balaban J connectivity index is 1.58. The average Bonchev–Trinajstić information content (AvgIpc) is 3.13. The van der Waals surface area contributed by atoms with Crippen molar-refractivity contribution in [2.75, 3.05) is 5.32 Å². The number of carbonyl (C=O) groups is 2. The summed E-state index contributed by atoms with van der Waals surface area (Å²) in [4.78, 5) is 24.4. The molecule has 2 aromatic rings. The number of amides is 2. The molecular weight excluding hydrogens is 342 g/mol. The van der Waals surface area contributed by atoms with Gasteiger partial charge < -0.3 is 9.73 Å².